The van der Waals surface area contributed by atoms with E-state index >= 15 is 0 Å². The number of likely N-dealkylation sites (tertiary alicyclic amines) is 1. The average Bonchev–Trinajstić information content (AvgIpc) is 3.13. The second-order valence-electron chi connectivity index (χ2n) is 9.89. The number of hydrogen-bond acceptors (Lipinski definition) is 5. The summed E-state index contributed by atoms with van der Waals surface area (Å²) in [7, 11) is 2.21. The molecule has 168 valence electrons. The zero-order valence-corrected chi connectivity index (χ0v) is 19.2. The standard InChI is InChI=1S/C26H34N6/c1-29-14-16-30(17-15-29)24-11-3-10-23-28-22(19-32(23)24)18-31-13-5-9-21-7-2-6-20-8-4-12-27-25(20)26(21)31/h3-4,8,10-12,19,21,26H,2,5-7,9,13-18H2,1H3/t21-,26-/m0/s1. The van der Waals surface area contributed by atoms with Gasteiger partial charge in [0, 0.05) is 45.1 Å². The lowest BCUT2D eigenvalue weighted by molar-refractivity contribution is 0.0780. The molecule has 6 nitrogen and oxygen atoms in total. The average molecular weight is 431 g/mol. The van der Waals surface area contributed by atoms with Crippen LogP contribution in [0.3, 0.4) is 0 Å². The van der Waals surface area contributed by atoms with E-state index in [1.807, 2.05) is 6.20 Å². The highest BCUT2D eigenvalue weighted by Crippen LogP contribution is 2.42. The molecule has 0 spiro atoms. The predicted octanol–water partition coefficient (Wildman–Crippen LogP) is 3.77. The van der Waals surface area contributed by atoms with E-state index < -0.39 is 0 Å². The smallest absolute Gasteiger partial charge is 0.138 e. The van der Waals surface area contributed by atoms with Crippen LogP contribution in [0.2, 0.25) is 0 Å². The fourth-order valence-corrected chi connectivity index (χ4v) is 6.13. The SMILES string of the molecule is CN1CCN(c2cccc3nc(CN4CCC[C@@H]5CCCc6cccnc6[C@H]54)cn23)CC1. The molecule has 2 saturated heterocycles. The zero-order valence-electron chi connectivity index (χ0n) is 19.2. The minimum Gasteiger partial charge on any atom is -0.355 e. The lowest BCUT2D eigenvalue weighted by Gasteiger charge is -2.40. The maximum atomic E-state index is 5.06. The fourth-order valence-electron chi connectivity index (χ4n) is 6.13. The van der Waals surface area contributed by atoms with E-state index in [-0.39, 0.29) is 0 Å². The van der Waals surface area contributed by atoms with Crippen molar-refractivity contribution in [2.45, 2.75) is 44.7 Å². The van der Waals surface area contributed by atoms with Crippen molar-refractivity contribution in [3.63, 3.8) is 0 Å². The van der Waals surface area contributed by atoms with Gasteiger partial charge in [0.2, 0.25) is 0 Å². The van der Waals surface area contributed by atoms with Crippen molar-refractivity contribution in [1.29, 1.82) is 0 Å². The van der Waals surface area contributed by atoms with Gasteiger partial charge in [0.15, 0.2) is 0 Å². The van der Waals surface area contributed by atoms with Gasteiger partial charge in [-0.1, -0.05) is 12.1 Å². The Bertz CT molecular complexity index is 1080. The second-order valence-corrected chi connectivity index (χ2v) is 9.89. The number of fused-ring (bicyclic) bond motifs is 4. The van der Waals surface area contributed by atoms with Gasteiger partial charge in [-0.05, 0) is 75.4 Å². The molecule has 32 heavy (non-hydrogen) atoms. The third-order valence-electron chi connectivity index (χ3n) is 7.80. The number of aromatic nitrogens is 3. The largest absolute Gasteiger partial charge is 0.355 e. The van der Waals surface area contributed by atoms with E-state index in [1.165, 1.54) is 54.9 Å². The number of likely N-dealkylation sites (N-methyl/N-ethyl adjacent to an activating group) is 1. The Labute approximate surface area is 190 Å². The lowest BCUT2D eigenvalue weighted by Crippen LogP contribution is -2.45. The van der Waals surface area contributed by atoms with Crippen molar-refractivity contribution in [1.82, 2.24) is 24.2 Å². The monoisotopic (exact) mass is 430 g/mol. The summed E-state index contributed by atoms with van der Waals surface area (Å²) in [4.78, 5) is 17.5. The molecule has 3 aromatic heterocycles. The molecular formula is C26H34N6. The number of pyridine rings is 2. The highest BCUT2D eigenvalue weighted by atomic mass is 15.3. The van der Waals surface area contributed by atoms with Gasteiger partial charge in [-0.15, -0.1) is 0 Å². The molecule has 2 aliphatic heterocycles. The first-order valence-electron chi connectivity index (χ1n) is 12.3. The molecular weight excluding hydrogens is 396 g/mol. The van der Waals surface area contributed by atoms with Gasteiger partial charge in [0.1, 0.15) is 11.5 Å². The molecule has 0 N–H and O–H groups in total. The summed E-state index contributed by atoms with van der Waals surface area (Å²) in [6.45, 7) is 6.41. The highest BCUT2D eigenvalue weighted by Gasteiger charge is 2.36. The maximum Gasteiger partial charge on any atom is 0.138 e. The molecule has 6 heteroatoms. The van der Waals surface area contributed by atoms with Crippen LogP contribution in [0.4, 0.5) is 5.82 Å². The van der Waals surface area contributed by atoms with Crippen molar-refractivity contribution in [2.24, 2.45) is 5.92 Å². The van der Waals surface area contributed by atoms with Crippen molar-refractivity contribution >= 4 is 11.5 Å². The topological polar surface area (TPSA) is 39.9 Å². The summed E-state index contributed by atoms with van der Waals surface area (Å²) in [5.41, 5.74) is 5.02. The van der Waals surface area contributed by atoms with Gasteiger partial charge >= 0.3 is 0 Å². The summed E-state index contributed by atoms with van der Waals surface area (Å²) >= 11 is 0. The number of rotatable bonds is 3. The van der Waals surface area contributed by atoms with Crippen LogP contribution in [0.25, 0.3) is 5.65 Å². The van der Waals surface area contributed by atoms with Crippen LogP contribution in [0.15, 0.2) is 42.7 Å². The molecule has 3 aliphatic rings. The van der Waals surface area contributed by atoms with E-state index in [0.29, 0.717) is 6.04 Å². The van der Waals surface area contributed by atoms with Gasteiger partial charge < -0.3 is 9.80 Å². The summed E-state index contributed by atoms with van der Waals surface area (Å²) in [5, 5.41) is 0. The Kier molecular flexibility index (Phi) is 5.35. The minimum absolute atomic E-state index is 0.435. The second kappa shape index (κ2) is 8.49. The minimum atomic E-state index is 0.435. The van der Waals surface area contributed by atoms with E-state index in [4.69, 9.17) is 9.97 Å². The molecule has 0 radical (unpaired) electrons. The number of aryl methyl sites for hydroxylation is 1. The van der Waals surface area contributed by atoms with Crippen molar-refractivity contribution in [3.8, 4) is 0 Å². The highest BCUT2D eigenvalue weighted by molar-refractivity contribution is 5.53. The Hall–Kier alpha value is -2.44. The van der Waals surface area contributed by atoms with Crippen molar-refractivity contribution < 1.29 is 0 Å². The summed E-state index contributed by atoms with van der Waals surface area (Å²) in [5.74, 6) is 1.99. The van der Waals surface area contributed by atoms with E-state index in [9.17, 15) is 0 Å². The van der Waals surface area contributed by atoms with Crippen LogP contribution >= 0.6 is 0 Å². The zero-order chi connectivity index (χ0) is 21.5. The Balaban J connectivity index is 1.30. The number of piperidine rings is 1. The molecule has 0 unspecified atom stereocenters. The van der Waals surface area contributed by atoms with Gasteiger partial charge in [-0.2, -0.15) is 0 Å². The third-order valence-corrected chi connectivity index (χ3v) is 7.80. The van der Waals surface area contributed by atoms with E-state index in [2.05, 4.69) is 62.7 Å². The maximum absolute atomic E-state index is 5.06. The molecule has 0 saturated carbocycles. The quantitative estimate of drug-likeness (QED) is 0.633. The molecule has 2 atom stereocenters. The lowest BCUT2D eigenvalue weighted by atomic mass is 9.85. The molecule has 0 aromatic carbocycles. The Morgan fingerprint density at radius 1 is 0.969 bits per heavy atom. The summed E-state index contributed by atoms with van der Waals surface area (Å²) in [6.07, 6.45) is 10.7. The molecule has 5 heterocycles. The van der Waals surface area contributed by atoms with Crippen molar-refractivity contribution in [3.05, 3.63) is 59.7 Å². The van der Waals surface area contributed by atoms with Gasteiger partial charge in [0.25, 0.3) is 0 Å². The Morgan fingerprint density at radius 3 is 2.75 bits per heavy atom. The molecule has 6 rings (SSSR count). The van der Waals surface area contributed by atoms with Gasteiger partial charge in [0.05, 0.1) is 17.4 Å². The van der Waals surface area contributed by atoms with E-state index in [1.54, 1.807) is 0 Å². The van der Waals surface area contributed by atoms with Gasteiger partial charge in [-0.3, -0.25) is 14.3 Å². The molecule has 0 bridgehead atoms. The van der Waals surface area contributed by atoms with Crippen LogP contribution < -0.4 is 4.90 Å². The van der Waals surface area contributed by atoms with Gasteiger partial charge in [-0.25, -0.2) is 4.98 Å². The first kappa shape index (κ1) is 20.2. The molecule has 2 fully saturated rings. The normalized spacial score (nSPS) is 24.8. The first-order valence-corrected chi connectivity index (χ1v) is 12.3. The molecule has 3 aromatic rings. The van der Waals surface area contributed by atoms with Crippen LogP contribution in [0.5, 0.6) is 0 Å². The van der Waals surface area contributed by atoms with Crippen LogP contribution in [0, 0.1) is 5.92 Å². The van der Waals surface area contributed by atoms with E-state index in [0.717, 1.165) is 50.8 Å². The number of nitrogens with zero attached hydrogens (tertiary/aromatic N) is 6. The fraction of sp³-hybridized carbons (Fsp3) is 0.538. The molecule has 0 amide bonds. The predicted molar refractivity (Wildman–Crippen MR) is 128 cm³/mol. The van der Waals surface area contributed by atoms with Crippen LogP contribution in [-0.2, 0) is 13.0 Å². The van der Waals surface area contributed by atoms with Crippen LogP contribution in [0.1, 0.15) is 48.7 Å². The summed E-state index contributed by atoms with van der Waals surface area (Å²) < 4.78 is 2.31. The number of anilines is 1. The van der Waals surface area contributed by atoms with Crippen molar-refractivity contribution in [2.75, 3.05) is 44.7 Å². The number of imidazole rings is 1. The summed E-state index contributed by atoms with van der Waals surface area (Å²) in [6, 6.07) is 11.4. The molecule has 1 aliphatic carbocycles. The first-order chi connectivity index (χ1) is 15.8. The third kappa shape index (κ3) is 3.69. The van der Waals surface area contributed by atoms with Crippen LogP contribution in [-0.4, -0.2) is 63.9 Å². The Morgan fingerprint density at radius 2 is 1.84 bits per heavy atom. The number of piperazine rings is 1. The number of hydrogen-bond donors (Lipinski definition) is 0.